The Bertz CT molecular complexity index is 991. The van der Waals surface area contributed by atoms with Gasteiger partial charge in [0.15, 0.2) is 6.10 Å². The van der Waals surface area contributed by atoms with Crippen LogP contribution in [0.4, 0.5) is 0 Å². The minimum absolute atomic E-state index is 0.0205. The van der Waals surface area contributed by atoms with Gasteiger partial charge in [0.2, 0.25) is 0 Å². The summed E-state index contributed by atoms with van der Waals surface area (Å²) >= 11 is 3.40. The van der Waals surface area contributed by atoms with Crippen LogP contribution in [0, 0.1) is 0 Å². The third-order valence-electron chi connectivity index (χ3n) is 4.93. The van der Waals surface area contributed by atoms with E-state index >= 15 is 0 Å². The molecule has 0 saturated carbocycles. The molecular weight excluding hydrogens is 404 g/mol. The maximum Gasteiger partial charge on any atom is 0.263 e. The van der Waals surface area contributed by atoms with Crippen LogP contribution in [0.1, 0.15) is 18.9 Å². The molecule has 1 atom stereocenters. The molecule has 0 unspecified atom stereocenters. The van der Waals surface area contributed by atoms with Gasteiger partial charge in [-0.25, -0.2) is 0 Å². The summed E-state index contributed by atoms with van der Waals surface area (Å²) in [6.07, 6.45) is 4.56. The second-order valence-electron chi connectivity index (χ2n) is 6.73. The van der Waals surface area contributed by atoms with Gasteiger partial charge in [-0.2, -0.15) is 0 Å². The Labute approximate surface area is 167 Å². The van der Waals surface area contributed by atoms with Gasteiger partial charge in [0.25, 0.3) is 5.91 Å². The molecule has 1 aromatic heterocycles. The maximum atomic E-state index is 12.7. The second kappa shape index (κ2) is 7.61. The van der Waals surface area contributed by atoms with E-state index in [0.29, 0.717) is 18.8 Å². The molecule has 0 aliphatic carbocycles. The molecule has 27 heavy (non-hydrogen) atoms. The number of rotatable bonds is 4. The first-order chi connectivity index (χ1) is 13.1. The van der Waals surface area contributed by atoms with E-state index in [0.717, 1.165) is 16.4 Å². The Balaban J connectivity index is 1.43. The van der Waals surface area contributed by atoms with E-state index in [1.807, 2.05) is 42.2 Å². The van der Waals surface area contributed by atoms with E-state index in [1.54, 1.807) is 0 Å². The molecule has 2 heterocycles. The molecule has 0 bridgehead atoms. The summed E-state index contributed by atoms with van der Waals surface area (Å²) in [5, 5.41) is 1.23. The SMILES string of the molecule is C[C@@H](Oc1ccc(Br)cc1)C(=O)N1CC=C(c2c[nH]c3ccccc23)CC1. The van der Waals surface area contributed by atoms with Crippen molar-refractivity contribution in [1.82, 2.24) is 9.88 Å². The average Bonchev–Trinajstić information content (AvgIpc) is 3.13. The number of carbonyl (C=O) groups is 1. The molecule has 0 saturated heterocycles. The molecule has 0 fully saturated rings. The van der Waals surface area contributed by atoms with Crippen molar-refractivity contribution in [2.24, 2.45) is 0 Å². The molecule has 1 aliphatic heterocycles. The molecule has 2 aromatic carbocycles. The number of hydrogen-bond acceptors (Lipinski definition) is 2. The highest BCUT2D eigenvalue weighted by atomic mass is 79.9. The van der Waals surface area contributed by atoms with Crippen LogP contribution < -0.4 is 4.74 Å². The minimum Gasteiger partial charge on any atom is -0.481 e. The number of hydrogen-bond donors (Lipinski definition) is 1. The van der Waals surface area contributed by atoms with E-state index in [2.05, 4.69) is 51.4 Å². The molecule has 1 amide bonds. The maximum absolute atomic E-state index is 12.7. The van der Waals surface area contributed by atoms with Gasteiger partial charge in [0.1, 0.15) is 5.75 Å². The fourth-order valence-corrected chi connectivity index (χ4v) is 3.74. The van der Waals surface area contributed by atoms with Crippen molar-refractivity contribution in [2.45, 2.75) is 19.4 Å². The van der Waals surface area contributed by atoms with Crippen LogP contribution in [-0.4, -0.2) is 35.0 Å². The van der Waals surface area contributed by atoms with E-state index in [4.69, 9.17) is 4.74 Å². The molecule has 4 rings (SSSR count). The van der Waals surface area contributed by atoms with Crippen molar-refractivity contribution in [3.8, 4) is 5.75 Å². The molecule has 0 spiro atoms. The third kappa shape index (κ3) is 3.78. The van der Waals surface area contributed by atoms with E-state index in [1.165, 1.54) is 16.5 Å². The predicted octanol–water partition coefficient (Wildman–Crippen LogP) is 5.01. The number of aromatic amines is 1. The summed E-state index contributed by atoms with van der Waals surface area (Å²) in [4.78, 5) is 17.9. The number of aromatic nitrogens is 1. The number of para-hydroxylation sites is 1. The standard InChI is InChI=1S/C22H21BrN2O2/c1-15(27-18-8-6-17(23)7-9-18)22(26)25-12-10-16(11-13-25)20-14-24-21-5-3-2-4-19(20)21/h2-10,14-15,24H,11-13H2,1H3/t15-/m1/s1. The molecule has 1 N–H and O–H groups in total. The van der Waals surface area contributed by atoms with E-state index < -0.39 is 6.10 Å². The van der Waals surface area contributed by atoms with E-state index in [-0.39, 0.29) is 5.91 Å². The number of ether oxygens (including phenoxy) is 1. The van der Waals surface area contributed by atoms with Crippen LogP contribution in [-0.2, 0) is 4.79 Å². The highest BCUT2D eigenvalue weighted by Crippen LogP contribution is 2.29. The molecule has 3 aromatic rings. The van der Waals surface area contributed by atoms with Gasteiger partial charge in [-0.3, -0.25) is 4.79 Å². The first-order valence-electron chi connectivity index (χ1n) is 9.08. The summed E-state index contributed by atoms with van der Waals surface area (Å²) in [7, 11) is 0. The molecule has 4 nitrogen and oxygen atoms in total. The first kappa shape index (κ1) is 17.9. The number of H-pyrrole nitrogens is 1. The lowest BCUT2D eigenvalue weighted by molar-refractivity contribution is -0.137. The monoisotopic (exact) mass is 424 g/mol. The molecule has 138 valence electrons. The Kier molecular flexibility index (Phi) is 5.03. The van der Waals surface area contributed by atoms with Crippen molar-refractivity contribution < 1.29 is 9.53 Å². The number of amides is 1. The average molecular weight is 425 g/mol. The topological polar surface area (TPSA) is 45.3 Å². The van der Waals surface area contributed by atoms with Crippen LogP contribution in [0.2, 0.25) is 0 Å². The zero-order valence-electron chi connectivity index (χ0n) is 15.1. The van der Waals surface area contributed by atoms with Crippen LogP contribution in [0.5, 0.6) is 5.75 Å². The lowest BCUT2D eigenvalue weighted by atomic mass is 9.99. The van der Waals surface area contributed by atoms with Gasteiger partial charge < -0.3 is 14.6 Å². The smallest absolute Gasteiger partial charge is 0.263 e. The lowest BCUT2D eigenvalue weighted by Crippen LogP contribution is -2.42. The number of nitrogens with one attached hydrogen (secondary N) is 1. The van der Waals surface area contributed by atoms with Gasteiger partial charge in [-0.1, -0.05) is 40.2 Å². The summed E-state index contributed by atoms with van der Waals surface area (Å²) in [6, 6.07) is 15.8. The van der Waals surface area contributed by atoms with Gasteiger partial charge in [-0.05, 0) is 49.2 Å². The minimum atomic E-state index is -0.505. The number of carbonyl (C=O) groups excluding carboxylic acids is 1. The first-order valence-corrected chi connectivity index (χ1v) is 9.87. The summed E-state index contributed by atoms with van der Waals surface area (Å²) in [6.45, 7) is 3.13. The highest BCUT2D eigenvalue weighted by molar-refractivity contribution is 9.10. The van der Waals surface area contributed by atoms with Crippen LogP contribution in [0.3, 0.4) is 0 Å². The summed E-state index contributed by atoms with van der Waals surface area (Å²) in [5.74, 6) is 0.721. The Morgan fingerprint density at radius 3 is 2.70 bits per heavy atom. The van der Waals surface area contributed by atoms with Gasteiger partial charge in [0, 0.05) is 40.2 Å². The lowest BCUT2D eigenvalue weighted by Gasteiger charge is -2.29. The van der Waals surface area contributed by atoms with Crippen molar-refractivity contribution in [3.63, 3.8) is 0 Å². The number of benzene rings is 2. The Morgan fingerprint density at radius 2 is 1.96 bits per heavy atom. The van der Waals surface area contributed by atoms with Crippen molar-refractivity contribution >= 4 is 38.3 Å². The summed E-state index contributed by atoms with van der Waals surface area (Å²) < 4.78 is 6.79. The fourth-order valence-electron chi connectivity index (χ4n) is 3.48. The second-order valence-corrected chi connectivity index (χ2v) is 7.64. The molecular formula is C22H21BrN2O2. The quantitative estimate of drug-likeness (QED) is 0.639. The van der Waals surface area contributed by atoms with Crippen molar-refractivity contribution in [2.75, 3.05) is 13.1 Å². The molecule has 0 radical (unpaired) electrons. The fraction of sp³-hybridized carbons (Fsp3) is 0.227. The van der Waals surface area contributed by atoms with Crippen molar-refractivity contribution in [1.29, 1.82) is 0 Å². The molecule has 1 aliphatic rings. The highest BCUT2D eigenvalue weighted by Gasteiger charge is 2.24. The largest absolute Gasteiger partial charge is 0.481 e. The Morgan fingerprint density at radius 1 is 1.19 bits per heavy atom. The van der Waals surface area contributed by atoms with Crippen LogP contribution >= 0.6 is 15.9 Å². The number of halogens is 1. The van der Waals surface area contributed by atoms with Gasteiger partial charge in [0.05, 0.1) is 0 Å². The summed E-state index contributed by atoms with van der Waals surface area (Å²) in [5.41, 5.74) is 3.67. The molecule has 5 heteroatoms. The van der Waals surface area contributed by atoms with Crippen molar-refractivity contribution in [3.05, 3.63) is 70.8 Å². The van der Waals surface area contributed by atoms with Gasteiger partial charge in [-0.15, -0.1) is 0 Å². The zero-order valence-corrected chi connectivity index (χ0v) is 16.7. The Hall–Kier alpha value is -2.53. The van der Waals surface area contributed by atoms with Crippen LogP contribution in [0.15, 0.2) is 65.3 Å². The normalized spacial score (nSPS) is 15.5. The number of nitrogens with zero attached hydrogens (tertiary/aromatic N) is 1. The van der Waals surface area contributed by atoms with Crippen LogP contribution in [0.25, 0.3) is 16.5 Å². The third-order valence-corrected chi connectivity index (χ3v) is 5.46. The van der Waals surface area contributed by atoms with Gasteiger partial charge >= 0.3 is 0 Å². The zero-order chi connectivity index (χ0) is 18.8. The van der Waals surface area contributed by atoms with E-state index in [9.17, 15) is 4.79 Å². The number of fused-ring (bicyclic) bond motifs is 1. The predicted molar refractivity (Wildman–Crippen MR) is 112 cm³/mol.